The van der Waals surface area contributed by atoms with E-state index in [2.05, 4.69) is 26.6 Å². The molecule has 0 spiro atoms. The lowest BCUT2D eigenvalue weighted by molar-refractivity contribution is 0.229. The van der Waals surface area contributed by atoms with Crippen molar-refractivity contribution in [2.75, 3.05) is 26.0 Å². The summed E-state index contributed by atoms with van der Waals surface area (Å²) in [7, 11) is 1.67. The third-order valence-corrected chi connectivity index (χ3v) is 4.22. The van der Waals surface area contributed by atoms with Crippen LogP contribution in [0.2, 0.25) is 0 Å². The number of fused-ring (bicyclic) bond motifs is 1. The van der Waals surface area contributed by atoms with Gasteiger partial charge < -0.3 is 14.8 Å². The highest BCUT2D eigenvalue weighted by Crippen LogP contribution is 2.34. The first-order valence-corrected chi connectivity index (χ1v) is 7.85. The molecule has 21 heavy (non-hydrogen) atoms. The first kappa shape index (κ1) is 14.2. The minimum absolute atomic E-state index is 0.333. The molecule has 0 saturated carbocycles. The third kappa shape index (κ3) is 3.48. The summed E-state index contributed by atoms with van der Waals surface area (Å²) >= 11 is 1.65. The van der Waals surface area contributed by atoms with Crippen LogP contribution < -0.4 is 14.8 Å². The first-order valence-electron chi connectivity index (χ1n) is 6.87. The number of rotatable bonds is 6. The SMILES string of the molecule is COc1cccc2c1OC[C@@H](NCCSc1ncn[nH]1)C2. The van der Waals surface area contributed by atoms with E-state index in [4.69, 9.17) is 9.47 Å². The van der Waals surface area contributed by atoms with Crippen LogP contribution in [0.5, 0.6) is 11.5 Å². The van der Waals surface area contributed by atoms with Crippen LogP contribution in [-0.4, -0.2) is 47.2 Å². The van der Waals surface area contributed by atoms with E-state index in [0.717, 1.165) is 35.4 Å². The molecule has 6 nitrogen and oxygen atoms in total. The topological polar surface area (TPSA) is 72.1 Å². The molecule has 1 aliphatic heterocycles. The number of benzene rings is 1. The van der Waals surface area contributed by atoms with E-state index < -0.39 is 0 Å². The Balaban J connectivity index is 1.48. The van der Waals surface area contributed by atoms with E-state index >= 15 is 0 Å². The number of nitrogens with one attached hydrogen (secondary N) is 2. The highest BCUT2D eigenvalue weighted by molar-refractivity contribution is 7.99. The van der Waals surface area contributed by atoms with Crippen LogP contribution in [0.3, 0.4) is 0 Å². The molecule has 2 N–H and O–H groups in total. The zero-order chi connectivity index (χ0) is 14.5. The molecule has 1 aliphatic rings. The monoisotopic (exact) mass is 306 g/mol. The number of para-hydroxylation sites is 1. The van der Waals surface area contributed by atoms with Gasteiger partial charge in [0.05, 0.1) is 7.11 Å². The van der Waals surface area contributed by atoms with Crippen LogP contribution >= 0.6 is 11.8 Å². The molecular formula is C14H18N4O2S. The molecule has 2 aromatic rings. The third-order valence-electron chi connectivity index (χ3n) is 3.34. The molecule has 3 rings (SSSR count). The summed E-state index contributed by atoms with van der Waals surface area (Å²) in [4.78, 5) is 4.08. The van der Waals surface area contributed by atoms with Crippen LogP contribution in [0.15, 0.2) is 29.7 Å². The van der Waals surface area contributed by atoms with Crippen molar-refractivity contribution in [3.8, 4) is 11.5 Å². The van der Waals surface area contributed by atoms with Gasteiger partial charge >= 0.3 is 0 Å². The van der Waals surface area contributed by atoms with Crippen LogP contribution in [0.4, 0.5) is 0 Å². The van der Waals surface area contributed by atoms with E-state index in [1.807, 2.05) is 12.1 Å². The minimum Gasteiger partial charge on any atom is -0.493 e. The molecule has 0 unspecified atom stereocenters. The number of aromatic nitrogens is 3. The molecule has 1 atom stereocenters. The molecule has 0 aliphatic carbocycles. The average Bonchev–Trinajstić information content (AvgIpc) is 3.04. The van der Waals surface area contributed by atoms with Gasteiger partial charge in [0.15, 0.2) is 16.7 Å². The van der Waals surface area contributed by atoms with Crippen molar-refractivity contribution in [3.63, 3.8) is 0 Å². The van der Waals surface area contributed by atoms with Gasteiger partial charge in [-0.3, -0.25) is 5.10 Å². The Bertz CT molecular complexity index is 576. The van der Waals surface area contributed by atoms with Gasteiger partial charge in [0, 0.05) is 18.3 Å². The fourth-order valence-corrected chi connectivity index (χ4v) is 3.01. The lowest BCUT2D eigenvalue weighted by Crippen LogP contribution is -2.40. The summed E-state index contributed by atoms with van der Waals surface area (Å²) in [6.45, 7) is 1.57. The summed E-state index contributed by atoms with van der Waals surface area (Å²) in [5.41, 5.74) is 1.20. The van der Waals surface area contributed by atoms with E-state index in [9.17, 15) is 0 Å². The second-order valence-corrected chi connectivity index (χ2v) is 5.84. The summed E-state index contributed by atoms with van der Waals surface area (Å²) in [5.74, 6) is 2.64. The average molecular weight is 306 g/mol. The molecule has 0 bridgehead atoms. The molecular weight excluding hydrogens is 288 g/mol. The van der Waals surface area contributed by atoms with Gasteiger partial charge in [-0.15, -0.1) is 0 Å². The molecule has 1 aromatic heterocycles. The van der Waals surface area contributed by atoms with E-state index in [0.29, 0.717) is 12.6 Å². The summed E-state index contributed by atoms with van der Waals surface area (Å²) in [5, 5.41) is 11.0. The van der Waals surface area contributed by atoms with Gasteiger partial charge in [0.25, 0.3) is 0 Å². The van der Waals surface area contributed by atoms with Gasteiger partial charge in [-0.2, -0.15) is 5.10 Å². The molecule has 0 radical (unpaired) electrons. The zero-order valence-electron chi connectivity index (χ0n) is 11.8. The molecule has 2 heterocycles. The van der Waals surface area contributed by atoms with Crippen molar-refractivity contribution in [1.29, 1.82) is 0 Å². The van der Waals surface area contributed by atoms with Gasteiger partial charge in [0.1, 0.15) is 12.9 Å². The number of nitrogens with zero attached hydrogens (tertiary/aromatic N) is 2. The molecule has 0 saturated heterocycles. The van der Waals surface area contributed by atoms with Gasteiger partial charge in [-0.1, -0.05) is 23.9 Å². The van der Waals surface area contributed by atoms with Crippen molar-refractivity contribution in [2.24, 2.45) is 0 Å². The smallest absolute Gasteiger partial charge is 0.183 e. The van der Waals surface area contributed by atoms with Crippen molar-refractivity contribution >= 4 is 11.8 Å². The second-order valence-electron chi connectivity index (χ2n) is 4.75. The standard InChI is InChI=1S/C14H18N4O2S/c1-19-12-4-2-3-10-7-11(8-20-13(10)12)15-5-6-21-14-16-9-17-18-14/h2-4,9,11,15H,5-8H2,1H3,(H,16,17,18)/t11-/m0/s1. The molecule has 7 heteroatoms. The minimum atomic E-state index is 0.333. The maximum absolute atomic E-state index is 5.84. The predicted octanol–water partition coefficient (Wildman–Crippen LogP) is 1.50. The number of hydrogen-bond acceptors (Lipinski definition) is 6. The first-order chi connectivity index (χ1) is 10.4. The Hall–Kier alpha value is -1.73. The highest BCUT2D eigenvalue weighted by atomic mass is 32.2. The van der Waals surface area contributed by atoms with Crippen LogP contribution in [0.1, 0.15) is 5.56 Å². The van der Waals surface area contributed by atoms with Crippen molar-refractivity contribution in [3.05, 3.63) is 30.1 Å². The molecule has 0 fully saturated rings. The quantitative estimate of drug-likeness (QED) is 0.622. The Morgan fingerprint density at radius 2 is 2.48 bits per heavy atom. The number of thioether (sulfide) groups is 1. The fraction of sp³-hybridized carbons (Fsp3) is 0.429. The maximum atomic E-state index is 5.84. The van der Waals surface area contributed by atoms with Crippen molar-refractivity contribution in [2.45, 2.75) is 17.6 Å². The highest BCUT2D eigenvalue weighted by Gasteiger charge is 2.21. The predicted molar refractivity (Wildman–Crippen MR) is 81.1 cm³/mol. The van der Waals surface area contributed by atoms with E-state index in [-0.39, 0.29) is 0 Å². The molecule has 112 valence electrons. The maximum Gasteiger partial charge on any atom is 0.183 e. The summed E-state index contributed by atoms with van der Waals surface area (Å²) in [6.07, 6.45) is 2.48. The number of hydrogen-bond donors (Lipinski definition) is 2. The number of aromatic amines is 1. The largest absolute Gasteiger partial charge is 0.493 e. The molecule has 1 aromatic carbocycles. The summed E-state index contributed by atoms with van der Waals surface area (Å²) < 4.78 is 11.2. The fourth-order valence-electron chi connectivity index (χ4n) is 2.36. The Labute approximate surface area is 127 Å². The van der Waals surface area contributed by atoms with Crippen LogP contribution in [0.25, 0.3) is 0 Å². The van der Waals surface area contributed by atoms with Crippen molar-refractivity contribution in [1.82, 2.24) is 20.5 Å². The van der Waals surface area contributed by atoms with E-state index in [1.165, 1.54) is 11.9 Å². The Morgan fingerprint density at radius 3 is 3.29 bits per heavy atom. The molecule has 0 amide bonds. The summed E-state index contributed by atoms with van der Waals surface area (Å²) in [6, 6.07) is 6.36. The lowest BCUT2D eigenvalue weighted by Gasteiger charge is -2.27. The lowest BCUT2D eigenvalue weighted by atomic mass is 10.0. The van der Waals surface area contributed by atoms with Crippen LogP contribution in [-0.2, 0) is 6.42 Å². The van der Waals surface area contributed by atoms with Gasteiger partial charge in [-0.25, -0.2) is 4.98 Å². The van der Waals surface area contributed by atoms with Gasteiger partial charge in [0.2, 0.25) is 0 Å². The van der Waals surface area contributed by atoms with E-state index in [1.54, 1.807) is 18.9 Å². The zero-order valence-corrected chi connectivity index (χ0v) is 12.7. The Kier molecular flexibility index (Phi) is 4.62. The normalized spacial score (nSPS) is 17.1. The van der Waals surface area contributed by atoms with Gasteiger partial charge in [-0.05, 0) is 18.1 Å². The number of H-pyrrole nitrogens is 1. The van der Waals surface area contributed by atoms with Crippen molar-refractivity contribution < 1.29 is 9.47 Å². The number of ether oxygens (including phenoxy) is 2. The van der Waals surface area contributed by atoms with Crippen LogP contribution in [0, 0.1) is 0 Å². The Morgan fingerprint density at radius 1 is 1.52 bits per heavy atom. The number of methoxy groups -OCH3 is 1. The second kappa shape index (κ2) is 6.82.